The second kappa shape index (κ2) is 8.57. The minimum atomic E-state index is -0.386. The van der Waals surface area contributed by atoms with Crippen molar-refractivity contribution >= 4 is 23.1 Å². The highest BCUT2D eigenvalue weighted by Gasteiger charge is 2.35. The van der Waals surface area contributed by atoms with E-state index in [4.69, 9.17) is 4.74 Å². The van der Waals surface area contributed by atoms with Crippen molar-refractivity contribution in [3.05, 3.63) is 53.6 Å². The Balaban J connectivity index is 1.41. The van der Waals surface area contributed by atoms with Gasteiger partial charge in [0.2, 0.25) is 5.95 Å². The van der Waals surface area contributed by atoms with Crippen LogP contribution in [0.1, 0.15) is 18.1 Å². The Morgan fingerprint density at radius 3 is 2.85 bits per heavy atom. The largest absolute Gasteiger partial charge is 0.395 e. The molecule has 0 bridgehead atoms. The zero-order valence-corrected chi connectivity index (χ0v) is 18.7. The zero-order valence-electron chi connectivity index (χ0n) is 18.7. The summed E-state index contributed by atoms with van der Waals surface area (Å²) < 4.78 is 20.3. The third-order valence-electron chi connectivity index (χ3n) is 6.38. The van der Waals surface area contributed by atoms with E-state index in [9.17, 15) is 9.50 Å². The van der Waals surface area contributed by atoms with Gasteiger partial charge in [0.15, 0.2) is 0 Å². The minimum Gasteiger partial charge on any atom is -0.395 e. The zero-order chi connectivity index (χ0) is 23.0. The Labute approximate surface area is 191 Å². The van der Waals surface area contributed by atoms with E-state index in [0.29, 0.717) is 55.9 Å². The molecular formula is C24H27FN6O2. The molecule has 1 fully saturated rings. The van der Waals surface area contributed by atoms with Gasteiger partial charge in [-0.15, -0.1) is 0 Å². The monoisotopic (exact) mass is 450 g/mol. The topological polar surface area (TPSA) is 95.4 Å². The van der Waals surface area contributed by atoms with Gasteiger partial charge in [0.05, 0.1) is 31.2 Å². The van der Waals surface area contributed by atoms with E-state index < -0.39 is 0 Å². The highest BCUT2D eigenvalue weighted by atomic mass is 19.1. The second-order valence-corrected chi connectivity index (χ2v) is 8.80. The number of aliphatic hydroxyl groups excluding tert-OH is 1. The molecule has 8 nitrogen and oxygen atoms in total. The quantitative estimate of drug-likeness (QED) is 0.545. The van der Waals surface area contributed by atoms with Crippen LogP contribution in [0.3, 0.4) is 0 Å². The number of rotatable bonds is 5. The molecule has 0 saturated carbocycles. The van der Waals surface area contributed by atoms with Crippen molar-refractivity contribution < 1.29 is 14.2 Å². The number of aromatic nitrogens is 3. The van der Waals surface area contributed by atoms with E-state index in [1.165, 1.54) is 6.07 Å². The van der Waals surface area contributed by atoms with Crippen LogP contribution in [0.2, 0.25) is 0 Å². The summed E-state index contributed by atoms with van der Waals surface area (Å²) in [5.74, 6) is 0.867. The number of ether oxygens (including phenoxy) is 1. The number of halogens is 1. The maximum Gasteiger partial charge on any atom is 0.227 e. The molecule has 2 aliphatic rings. The predicted molar refractivity (Wildman–Crippen MR) is 126 cm³/mol. The van der Waals surface area contributed by atoms with Gasteiger partial charge in [0.1, 0.15) is 11.6 Å². The smallest absolute Gasteiger partial charge is 0.227 e. The van der Waals surface area contributed by atoms with E-state index in [2.05, 4.69) is 25.6 Å². The van der Waals surface area contributed by atoms with Crippen molar-refractivity contribution in [1.82, 2.24) is 15.0 Å². The fraction of sp³-hybridized carbons (Fsp3) is 0.375. The number of hydrogen-bond acceptors (Lipinski definition) is 8. The number of morpholine rings is 1. The normalized spacial score (nSPS) is 19.8. The Morgan fingerprint density at radius 2 is 2.06 bits per heavy atom. The van der Waals surface area contributed by atoms with Crippen LogP contribution in [0.5, 0.6) is 0 Å². The van der Waals surface area contributed by atoms with E-state index >= 15 is 0 Å². The molecular weight excluding hydrogens is 423 g/mol. The first-order valence-corrected chi connectivity index (χ1v) is 11.1. The lowest BCUT2D eigenvalue weighted by atomic mass is 9.85. The van der Waals surface area contributed by atoms with Crippen LogP contribution in [0, 0.1) is 12.7 Å². The first kappa shape index (κ1) is 21.5. The molecule has 1 saturated heterocycles. The van der Waals surface area contributed by atoms with Gasteiger partial charge in [0.25, 0.3) is 0 Å². The molecule has 2 aromatic heterocycles. The first-order valence-electron chi connectivity index (χ1n) is 11.1. The molecule has 3 aromatic rings. The van der Waals surface area contributed by atoms with Gasteiger partial charge in [-0.05, 0) is 36.8 Å². The number of pyridine rings is 1. The Morgan fingerprint density at radius 1 is 1.24 bits per heavy atom. The number of benzene rings is 1. The second-order valence-electron chi connectivity index (χ2n) is 8.80. The van der Waals surface area contributed by atoms with Crippen LogP contribution in [-0.4, -0.2) is 59.5 Å². The average Bonchev–Trinajstić information content (AvgIpc) is 3.18. The number of nitrogens with one attached hydrogen (secondary N) is 2. The van der Waals surface area contributed by atoms with Crippen molar-refractivity contribution in [2.75, 3.05) is 55.0 Å². The van der Waals surface area contributed by atoms with E-state index in [0.717, 1.165) is 22.5 Å². The van der Waals surface area contributed by atoms with Crippen molar-refractivity contribution in [1.29, 1.82) is 0 Å². The summed E-state index contributed by atoms with van der Waals surface area (Å²) in [5.41, 5.74) is 4.20. The third kappa shape index (κ3) is 4.09. The lowest BCUT2D eigenvalue weighted by Crippen LogP contribution is -2.36. The van der Waals surface area contributed by atoms with Crippen molar-refractivity contribution in [2.24, 2.45) is 0 Å². The van der Waals surface area contributed by atoms with Gasteiger partial charge in [0, 0.05) is 54.3 Å². The minimum absolute atomic E-state index is 0.0278. The Kier molecular flexibility index (Phi) is 5.59. The SMILES string of the molecule is Cc1cc(N2CCOCC2)c(F)cc1Nc1nccc(-c2cnc3c(c2)[C@](C)(CO)CN3)n1. The average molecular weight is 451 g/mol. The molecule has 0 aliphatic carbocycles. The van der Waals surface area contributed by atoms with E-state index in [1.807, 2.05) is 36.9 Å². The number of aliphatic hydroxyl groups is 1. The maximum atomic E-state index is 14.9. The van der Waals surface area contributed by atoms with Crippen molar-refractivity contribution in [3.8, 4) is 11.3 Å². The molecule has 0 amide bonds. The van der Waals surface area contributed by atoms with Gasteiger partial charge in [-0.25, -0.2) is 19.3 Å². The van der Waals surface area contributed by atoms with Gasteiger partial charge >= 0.3 is 0 Å². The lowest BCUT2D eigenvalue weighted by molar-refractivity contribution is 0.122. The number of nitrogens with zero attached hydrogens (tertiary/aromatic N) is 4. The summed E-state index contributed by atoms with van der Waals surface area (Å²) in [6.07, 6.45) is 3.41. The Bertz CT molecular complexity index is 1180. The molecule has 1 aromatic carbocycles. The van der Waals surface area contributed by atoms with E-state index in [1.54, 1.807) is 12.4 Å². The summed E-state index contributed by atoms with van der Waals surface area (Å²) in [5, 5.41) is 16.2. The van der Waals surface area contributed by atoms with Crippen LogP contribution >= 0.6 is 0 Å². The molecule has 2 aliphatic heterocycles. The molecule has 172 valence electrons. The Hall–Kier alpha value is -3.30. The molecule has 5 rings (SSSR count). The van der Waals surface area contributed by atoms with Crippen LogP contribution in [0.4, 0.5) is 27.5 Å². The van der Waals surface area contributed by atoms with Crippen LogP contribution in [0.15, 0.2) is 36.7 Å². The number of anilines is 4. The molecule has 1 atom stereocenters. The molecule has 3 N–H and O–H groups in total. The van der Waals surface area contributed by atoms with Crippen LogP contribution < -0.4 is 15.5 Å². The van der Waals surface area contributed by atoms with Gasteiger partial charge in [-0.2, -0.15) is 0 Å². The molecule has 0 radical (unpaired) electrons. The van der Waals surface area contributed by atoms with E-state index in [-0.39, 0.29) is 17.8 Å². The van der Waals surface area contributed by atoms with Crippen molar-refractivity contribution in [2.45, 2.75) is 19.3 Å². The predicted octanol–water partition coefficient (Wildman–Crippen LogP) is 3.24. The molecule has 33 heavy (non-hydrogen) atoms. The summed E-state index contributed by atoms with van der Waals surface area (Å²) in [6, 6.07) is 7.15. The van der Waals surface area contributed by atoms with Crippen LogP contribution in [-0.2, 0) is 10.2 Å². The highest BCUT2D eigenvalue weighted by Crippen LogP contribution is 2.37. The number of hydrogen-bond donors (Lipinski definition) is 3. The molecule has 9 heteroatoms. The molecule has 4 heterocycles. The molecule has 0 spiro atoms. The summed E-state index contributed by atoms with van der Waals surface area (Å²) in [4.78, 5) is 15.5. The molecule has 0 unspecified atom stereocenters. The maximum absolute atomic E-state index is 14.9. The highest BCUT2D eigenvalue weighted by molar-refractivity contribution is 5.69. The number of fused-ring (bicyclic) bond motifs is 1. The first-order chi connectivity index (χ1) is 16.0. The lowest BCUT2D eigenvalue weighted by Gasteiger charge is -2.29. The summed E-state index contributed by atoms with van der Waals surface area (Å²) in [6.45, 7) is 7.15. The van der Waals surface area contributed by atoms with Crippen molar-refractivity contribution in [3.63, 3.8) is 0 Å². The fourth-order valence-electron chi connectivity index (χ4n) is 4.27. The fourth-order valence-corrected chi connectivity index (χ4v) is 4.27. The van der Waals surface area contributed by atoms with Crippen LogP contribution in [0.25, 0.3) is 11.3 Å². The third-order valence-corrected chi connectivity index (χ3v) is 6.38. The van der Waals surface area contributed by atoms with Gasteiger partial charge < -0.3 is 25.4 Å². The standard InChI is InChI=1S/C24H27FN6O2/c1-15-9-21(31-5-7-33-8-6-31)18(25)11-20(15)30-23-26-4-3-19(29-23)16-10-17-22(27-12-16)28-13-24(17,2)14-32/h3-4,9-12,32H,5-8,13-14H2,1-2H3,(H,27,28)(H,26,29,30)/t24-/m0/s1. The summed E-state index contributed by atoms with van der Waals surface area (Å²) >= 11 is 0. The summed E-state index contributed by atoms with van der Waals surface area (Å²) in [7, 11) is 0. The van der Waals surface area contributed by atoms with Gasteiger partial charge in [-0.3, -0.25) is 0 Å². The number of aryl methyl sites for hydroxylation is 1. The van der Waals surface area contributed by atoms with Gasteiger partial charge in [-0.1, -0.05) is 6.92 Å².